The van der Waals surface area contributed by atoms with Gasteiger partial charge in [0.2, 0.25) is 10.0 Å². The number of aromatic hydroxyl groups is 1. The Hall–Kier alpha value is -2.10. The summed E-state index contributed by atoms with van der Waals surface area (Å²) in [7, 11) is -7.81. The molecule has 0 heterocycles. The van der Waals surface area contributed by atoms with E-state index in [1.807, 2.05) is 0 Å². The van der Waals surface area contributed by atoms with Crippen LogP contribution < -0.4 is 9.86 Å². The van der Waals surface area contributed by atoms with E-state index in [-0.39, 0.29) is 21.2 Å². The number of phenolic OH excluding ortho intramolecular Hbond substituents is 1. The number of rotatable bonds is 4. The largest absolute Gasteiger partial charge is 0.508 e. The van der Waals surface area contributed by atoms with Gasteiger partial charge in [0.25, 0.3) is 10.0 Å². The molecule has 0 aliphatic carbocycles. The van der Waals surface area contributed by atoms with Gasteiger partial charge in [-0.15, -0.1) is 0 Å². The highest BCUT2D eigenvalue weighted by atomic mass is 32.2. The lowest BCUT2D eigenvalue weighted by Crippen LogP contribution is -2.15. The van der Waals surface area contributed by atoms with Gasteiger partial charge < -0.3 is 5.11 Å². The van der Waals surface area contributed by atoms with Crippen molar-refractivity contribution in [3.8, 4) is 5.75 Å². The van der Waals surface area contributed by atoms with Gasteiger partial charge in [-0.3, -0.25) is 4.72 Å². The molecule has 2 aromatic rings. The molecular weight excluding hydrogens is 316 g/mol. The lowest BCUT2D eigenvalue weighted by Gasteiger charge is -2.09. The number of nitrogens with one attached hydrogen (secondary N) is 1. The number of hydrogen-bond donors (Lipinski definition) is 3. The van der Waals surface area contributed by atoms with Gasteiger partial charge in [-0.25, -0.2) is 22.0 Å². The first-order chi connectivity index (χ1) is 9.68. The molecule has 0 aliphatic rings. The summed E-state index contributed by atoms with van der Waals surface area (Å²) in [6, 6.07) is 10.1. The minimum atomic E-state index is -3.92. The van der Waals surface area contributed by atoms with Crippen molar-refractivity contribution < 1.29 is 21.9 Å². The third-order valence-corrected chi connectivity index (χ3v) is 4.87. The summed E-state index contributed by atoms with van der Waals surface area (Å²) in [6.45, 7) is 0. The lowest BCUT2D eigenvalue weighted by atomic mass is 10.3. The summed E-state index contributed by atoms with van der Waals surface area (Å²) in [6.07, 6.45) is 0. The molecule has 2 rings (SSSR count). The molecule has 2 aromatic carbocycles. The van der Waals surface area contributed by atoms with E-state index in [4.69, 9.17) is 10.2 Å². The quantitative estimate of drug-likeness (QED) is 0.766. The summed E-state index contributed by atoms with van der Waals surface area (Å²) in [5, 5.41) is 14.1. The zero-order valence-corrected chi connectivity index (χ0v) is 12.2. The van der Waals surface area contributed by atoms with Crippen molar-refractivity contribution in [3.05, 3.63) is 48.5 Å². The van der Waals surface area contributed by atoms with Crippen molar-refractivity contribution in [3.63, 3.8) is 0 Å². The summed E-state index contributed by atoms with van der Waals surface area (Å²) < 4.78 is 48.9. The second-order valence-corrected chi connectivity index (χ2v) is 7.42. The van der Waals surface area contributed by atoms with Gasteiger partial charge in [0.05, 0.1) is 15.5 Å². The van der Waals surface area contributed by atoms with Gasteiger partial charge in [0.15, 0.2) is 0 Å². The predicted octanol–water partition coefficient (Wildman–Crippen LogP) is 0.840. The molecule has 7 nitrogen and oxygen atoms in total. The van der Waals surface area contributed by atoms with E-state index >= 15 is 0 Å². The van der Waals surface area contributed by atoms with Crippen LogP contribution in [-0.4, -0.2) is 21.9 Å². The van der Waals surface area contributed by atoms with Gasteiger partial charge >= 0.3 is 0 Å². The van der Waals surface area contributed by atoms with Crippen molar-refractivity contribution in [2.24, 2.45) is 5.14 Å². The molecule has 0 unspecified atom stereocenters. The molecule has 0 aliphatic heterocycles. The van der Waals surface area contributed by atoms with Gasteiger partial charge in [-0.1, -0.05) is 6.07 Å². The van der Waals surface area contributed by atoms with Crippen LogP contribution in [0.25, 0.3) is 0 Å². The summed E-state index contributed by atoms with van der Waals surface area (Å²) in [4.78, 5) is -0.269. The second kappa shape index (κ2) is 5.35. The molecule has 9 heteroatoms. The fraction of sp³-hybridized carbons (Fsp3) is 0. The first-order valence-electron chi connectivity index (χ1n) is 5.63. The Bertz CT molecular complexity index is 859. The van der Waals surface area contributed by atoms with Crippen molar-refractivity contribution in [2.75, 3.05) is 4.72 Å². The number of benzene rings is 2. The minimum absolute atomic E-state index is 0.0644. The summed E-state index contributed by atoms with van der Waals surface area (Å²) >= 11 is 0. The van der Waals surface area contributed by atoms with Gasteiger partial charge in [0.1, 0.15) is 5.75 Å². The first-order valence-corrected chi connectivity index (χ1v) is 8.66. The van der Waals surface area contributed by atoms with Crippen molar-refractivity contribution >= 4 is 25.7 Å². The Kier molecular flexibility index (Phi) is 3.90. The number of anilines is 1. The van der Waals surface area contributed by atoms with Crippen LogP contribution in [0.2, 0.25) is 0 Å². The SMILES string of the molecule is NS(=O)(=O)c1cccc(NS(=O)(=O)c2ccc(O)cc2)c1. The number of phenols is 1. The molecule has 0 atom stereocenters. The Labute approximate surface area is 122 Å². The number of sulfonamides is 2. The second-order valence-electron chi connectivity index (χ2n) is 4.17. The maximum Gasteiger partial charge on any atom is 0.261 e. The van der Waals surface area contributed by atoms with Crippen molar-refractivity contribution in [1.29, 1.82) is 0 Å². The number of primary sulfonamides is 1. The molecule has 0 saturated heterocycles. The molecule has 0 bridgehead atoms. The average Bonchev–Trinajstić information content (AvgIpc) is 2.38. The van der Waals surface area contributed by atoms with Crippen LogP contribution in [0.15, 0.2) is 58.3 Å². The molecule has 21 heavy (non-hydrogen) atoms. The smallest absolute Gasteiger partial charge is 0.261 e. The van der Waals surface area contributed by atoms with Crippen LogP contribution in [0.3, 0.4) is 0 Å². The molecular formula is C12H12N2O5S2. The summed E-state index contributed by atoms with van der Waals surface area (Å²) in [5.74, 6) is -0.0647. The highest BCUT2D eigenvalue weighted by Crippen LogP contribution is 2.20. The molecule has 0 radical (unpaired) electrons. The van der Waals surface area contributed by atoms with Crippen molar-refractivity contribution in [2.45, 2.75) is 9.79 Å². The zero-order chi connectivity index (χ0) is 15.7. The first kappa shape index (κ1) is 15.3. The zero-order valence-electron chi connectivity index (χ0n) is 10.6. The highest BCUT2D eigenvalue weighted by Gasteiger charge is 2.15. The Morgan fingerprint density at radius 1 is 0.905 bits per heavy atom. The van der Waals surface area contributed by atoms with Crippen molar-refractivity contribution in [1.82, 2.24) is 0 Å². The Morgan fingerprint density at radius 2 is 1.52 bits per heavy atom. The topological polar surface area (TPSA) is 127 Å². The van der Waals surface area contributed by atoms with Gasteiger partial charge in [-0.05, 0) is 42.5 Å². The lowest BCUT2D eigenvalue weighted by molar-refractivity contribution is 0.475. The standard InChI is InChI=1S/C12H12N2O5S2/c13-20(16,17)12-3-1-2-9(8-12)14-21(18,19)11-6-4-10(15)5-7-11/h1-8,14-15H,(H2,13,16,17). The van der Waals surface area contributed by atoms with Crippen LogP contribution >= 0.6 is 0 Å². The minimum Gasteiger partial charge on any atom is -0.508 e. The third-order valence-electron chi connectivity index (χ3n) is 2.56. The average molecular weight is 328 g/mol. The molecule has 0 saturated carbocycles. The van der Waals surface area contributed by atoms with E-state index in [2.05, 4.69) is 4.72 Å². The maximum absolute atomic E-state index is 12.1. The molecule has 112 valence electrons. The highest BCUT2D eigenvalue weighted by molar-refractivity contribution is 7.92. The van der Waals surface area contributed by atoms with Crippen LogP contribution in [0.1, 0.15) is 0 Å². The third kappa shape index (κ3) is 3.72. The van der Waals surface area contributed by atoms with Crippen LogP contribution in [0, 0.1) is 0 Å². The van der Waals surface area contributed by atoms with Gasteiger partial charge in [0, 0.05) is 0 Å². The van der Waals surface area contributed by atoms with E-state index in [1.165, 1.54) is 42.5 Å². The Balaban J connectivity index is 2.35. The van der Waals surface area contributed by atoms with E-state index in [9.17, 15) is 16.8 Å². The fourth-order valence-corrected chi connectivity index (χ4v) is 3.18. The maximum atomic E-state index is 12.1. The van der Waals surface area contributed by atoms with E-state index in [0.717, 1.165) is 6.07 Å². The predicted molar refractivity (Wildman–Crippen MR) is 76.7 cm³/mol. The normalized spacial score (nSPS) is 12.0. The van der Waals surface area contributed by atoms with E-state index in [0.29, 0.717) is 0 Å². The molecule has 0 amide bonds. The fourth-order valence-electron chi connectivity index (χ4n) is 1.58. The van der Waals surface area contributed by atoms with Crippen LogP contribution in [0.4, 0.5) is 5.69 Å². The summed E-state index contributed by atoms with van der Waals surface area (Å²) in [5.41, 5.74) is 0.0644. The van der Waals surface area contributed by atoms with Gasteiger partial charge in [-0.2, -0.15) is 0 Å². The monoisotopic (exact) mass is 328 g/mol. The molecule has 0 aromatic heterocycles. The molecule has 0 fully saturated rings. The van der Waals surface area contributed by atoms with E-state index < -0.39 is 20.0 Å². The number of hydrogen-bond acceptors (Lipinski definition) is 5. The van der Waals surface area contributed by atoms with Crippen LogP contribution in [0.5, 0.6) is 5.75 Å². The molecule has 4 N–H and O–H groups in total. The Morgan fingerprint density at radius 3 is 2.10 bits per heavy atom. The van der Waals surface area contributed by atoms with E-state index in [1.54, 1.807) is 0 Å². The molecule has 0 spiro atoms. The number of nitrogens with two attached hydrogens (primary N) is 1. The van der Waals surface area contributed by atoms with Crippen LogP contribution in [-0.2, 0) is 20.0 Å².